The number of nitrogens with one attached hydrogen (secondary N) is 2. The highest BCUT2D eigenvalue weighted by molar-refractivity contribution is 6.39. The number of aliphatic hydroxyl groups is 1. The zero-order valence-electron chi connectivity index (χ0n) is 15.4. The third-order valence-electron chi connectivity index (χ3n) is 4.19. The number of alkyl halides is 3. The fourth-order valence-corrected chi connectivity index (χ4v) is 2.85. The van der Waals surface area contributed by atoms with Gasteiger partial charge in [0.1, 0.15) is 5.75 Å². The minimum Gasteiger partial charge on any atom is -0.406 e. The van der Waals surface area contributed by atoms with Gasteiger partial charge in [-0.15, -0.1) is 13.2 Å². The van der Waals surface area contributed by atoms with E-state index in [1.807, 2.05) is 30.3 Å². The molecule has 0 radical (unpaired) electrons. The lowest BCUT2D eigenvalue weighted by Crippen LogP contribution is -2.37. The van der Waals surface area contributed by atoms with E-state index in [9.17, 15) is 27.9 Å². The van der Waals surface area contributed by atoms with E-state index in [1.54, 1.807) is 12.1 Å². The van der Waals surface area contributed by atoms with Crippen LogP contribution in [0.15, 0.2) is 66.7 Å². The molecule has 30 heavy (non-hydrogen) atoms. The minimum atomic E-state index is -4.82. The molecule has 0 aliphatic rings. The van der Waals surface area contributed by atoms with E-state index >= 15 is 0 Å². The molecule has 6 nitrogen and oxygen atoms in total. The second-order valence-corrected chi connectivity index (χ2v) is 6.32. The summed E-state index contributed by atoms with van der Waals surface area (Å²) in [6.07, 6.45) is -5.86. The topological polar surface area (TPSA) is 87.7 Å². The molecule has 1 unspecified atom stereocenters. The number of aliphatic hydroxyl groups excluding tert-OH is 1. The largest absolute Gasteiger partial charge is 0.573 e. The molecule has 0 bridgehead atoms. The van der Waals surface area contributed by atoms with Gasteiger partial charge in [-0.05, 0) is 40.6 Å². The number of carbonyl (C=O) groups is 2. The van der Waals surface area contributed by atoms with Crippen LogP contribution < -0.4 is 15.4 Å². The van der Waals surface area contributed by atoms with Crippen molar-refractivity contribution in [1.82, 2.24) is 5.32 Å². The molecule has 0 aliphatic heterocycles. The van der Waals surface area contributed by atoms with Gasteiger partial charge in [-0.1, -0.05) is 42.5 Å². The Morgan fingerprint density at radius 2 is 1.60 bits per heavy atom. The first-order valence-corrected chi connectivity index (χ1v) is 8.83. The number of ether oxygens (including phenoxy) is 1. The Morgan fingerprint density at radius 1 is 0.933 bits per heavy atom. The molecular weight excluding hydrogens is 401 g/mol. The van der Waals surface area contributed by atoms with Gasteiger partial charge in [0.25, 0.3) is 0 Å². The fourth-order valence-electron chi connectivity index (χ4n) is 2.85. The highest BCUT2D eigenvalue weighted by Gasteiger charge is 2.31. The number of hydrogen-bond acceptors (Lipinski definition) is 4. The molecule has 3 N–H and O–H groups in total. The van der Waals surface area contributed by atoms with E-state index in [4.69, 9.17) is 0 Å². The molecule has 0 aromatic heterocycles. The van der Waals surface area contributed by atoms with Crippen molar-refractivity contribution in [3.8, 4) is 5.75 Å². The van der Waals surface area contributed by atoms with E-state index in [-0.39, 0.29) is 12.2 Å². The zero-order chi connectivity index (χ0) is 21.7. The molecule has 0 spiro atoms. The van der Waals surface area contributed by atoms with E-state index in [0.29, 0.717) is 5.56 Å². The summed E-state index contributed by atoms with van der Waals surface area (Å²) in [5.41, 5.74) is 0.716. The average Bonchev–Trinajstić information content (AvgIpc) is 2.71. The predicted octanol–water partition coefficient (Wildman–Crippen LogP) is 3.53. The van der Waals surface area contributed by atoms with Gasteiger partial charge in [0.05, 0.1) is 6.10 Å². The van der Waals surface area contributed by atoms with Crippen LogP contribution in [0.3, 0.4) is 0 Å². The Hall–Kier alpha value is -3.59. The second-order valence-electron chi connectivity index (χ2n) is 6.32. The van der Waals surface area contributed by atoms with Crippen molar-refractivity contribution in [3.05, 3.63) is 72.3 Å². The number of benzene rings is 3. The standard InChI is InChI=1S/C21H17F3N2O4/c22-21(23,24)30-15-10-8-14(9-11-15)26-20(29)19(28)25-12-18(27)17-7-3-5-13-4-1-2-6-16(13)17/h1-11,18,27H,12H2,(H,25,28)(H,26,29). The minimum absolute atomic E-state index is 0.110. The number of anilines is 1. The maximum absolute atomic E-state index is 12.2. The lowest BCUT2D eigenvalue weighted by atomic mass is 10.0. The Balaban J connectivity index is 1.56. The number of halogens is 3. The van der Waals surface area contributed by atoms with Crippen molar-refractivity contribution in [3.63, 3.8) is 0 Å². The summed E-state index contributed by atoms with van der Waals surface area (Å²) >= 11 is 0. The summed E-state index contributed by atoms with van der Waals surface area (Å²) < 4.78 is 40.2. The number of hydrogen-bond donors (Lipinski definition) is 3. The summed E-state index contributed by atoms with van der Waals surface area (Å²) in [6, 6.07) is 17.2. The average molecular weight is 418 g/mol. The van der Waals surface area contributed by atoms with Crippen LogP contribution in [0.1, 0.15) is 11.7 Å². The van der Waals surface area contributed by atoms with Crippen LogP contribution in [-0.2, 0) is 9.59 Å². The van der Waals surface area contributed by atoms with Crippen LogP contribution in [0.4, 0.5) is 18.9 Å². The van der Waals surface area contributed by atoms with Crippen LogP contribution in [0.25, 0.3) is 10.8 Å². The van der Waals surface area contributed by atoms with Gasteiger partial charge in [0, 0.05) is 12.2 Å². The van der Waals surface area contributed by atoms with Crippen LogP contribution >= 0.6 is 0 Å². The molecule has 3 aromatic carbocycles. The number of fused-ring (bicyclic) bond motifs is 1. The van der Waals surface area contributed by atoms with E-state index in [2.05, 4.69) is 15.4 Å². The summed E-state index contributed by atoms with van der Waals surface area (Å²) in [4.78, 5) is 24.0. The van der Waals surface area contributed by atoms with Crippen LogP contribution in [-0.4, -0.2) is 29.8 Å². The van der Waals surface area contributed by atoms with Gasteiger partial charge < -0.3 is 20.5 Å². The fraction of sp³-hybridized carbons (Fsp3) is 0.143. The molecule has 3 aromatic rings. The summed E-state index contributed by atoms with van der Waals surface area (Å²) in [5, 5.41) is 16.8. The first-order chi connectivity index (χ1) is 14.2. The predicted molar refractivity (Wildman–Crippen MR) is 104 cm³/mol. The van der Waals surface area contributed by atoms with Gasteiger partial charge in [-0.25, -0.2) is 0 Å². The first-order valence-electron chi connectivity index (χ1n) is 8.83. The van der Waals surface area contributed by atoms with E-state index in [0.717, 1.165) is 35.0 Å². The van der Waals surface area contributed by atoms with Gasteiger partial charge in [0.2, 0.25) is 0 Å². The number of carbonyl (C=O) groups excluding carboxylic acids is 2. The lowest BCUT2D eigenvalue weighted by molar-refractivity contribution is -0.274. The van der Waals surface area contributed by atoms with E-state index in [1.165, 1.54) is 0 Å². The molecule has 0 fully saturated rings. The Bertz CT molecular complexity index is 1050. The molecule has 1 atom stereocenters. The second kappa shape index (κ2) is 8.83. The van der Waals surface area contributed by atoms with Gasteiger partial charge in [0.15, 0.2) is 0 Å². The van der Waals surface area contributed by atoms with Crippen molar-refractivity contribution >= 4 is 28.3 Å². The highest BCUT2D eigenvalue weighted by atomic mass is 19.4. The molecule has 3 rings (SSSR count). The van der Waals surface area contributed by atoms with Crippen molar-refractivity contribution in [2.45, 2.75) is 12.5 Å². The first kappa shape index (κ1) is 21.1. The number of rotatable bonds is 5. The summed E-state index contributed by atoms with van der Waals surface area (Å²) in [6.45, 7) is -0.196. The highest BCUT2D eigenvalue weighted by Crippen LogP contribution is 2.25. The molecule has 0 heterocycles. The quantitative estimate of drug-likeness (QED) is 0.554. The van der Waals surface area contributed by atoms with Gasteiger partial charge >= 0.3 is 18.2 Å². The molecule has 0 saturated heterocycles. The monoisotopic (exact) mass is 418 g/mol. The number of amides is 2. The molecular formula is C21H17F3N2O4. The van der Waals surface area contributed by atoms with Crippen LogP contribution in [0.2, 0.25) is 0 Å². The van der Waals surface area contributed by atoms with Crippen molar-refractivity contribution in [2.75, 3.05) is 11.9 Å². The summed E-state index contributed by atoms with van der Waals surface area (Å²) in [5.74, 6) is -2.47. The van der Waals surface area contributed by atoms with Gasteiger partial charge in [-0.2, -0.15) is 0 Å². The molecule has 2 amide bonds. The summed E-state index contributed by atoms with van der Waals surface area (Å²) in [7, 11) is 0. The zero-order valence-corrected chi connectivity index (χ0v) is 15.4. The van der Waals surface area contributed by atoms with Crippen molar-refractivity contribution in [2.24, 2.45) is 0 Å². The van der Waals surface area contributed by atoms with Gasteiger partial charge in [-0.3, -0.25) is 9.59 Å². The third-order valence-corrected chi connectivity index (χ3v) is 4.19. The Morgan fingerprint density at radius 3 is 2.30 bits per heavy atom. The molecule has 9 heteroatoms. The Labute approximate surface area is 169 Å². The Kier molecular flexibility index (Phi) is 6.22. The normalized spacial score (nSPS) is 12.3. The van der Waals surface area contributed by atoms with Crippen LogP contribution in [0, 0.1) is 0 Å². The maximum Gasteiger partial charge on any atom is 0.573 e. The van der Waals surface area contributed by atoms with Crippen LogP contribution in [0.5, 0.6) is 5.75 Å². The molecule has 0 aliphatic carbocycles. The third kappa shape index (κ3) is 5.48. The maximum atomic E-state index is 12.2. The molecule has 156 valence electrons. The lowest BCUT2D eigenvalue weighted by Gasteiger charge is -2.15. The van der Waals surface area contributed by atoms with Crippen molar-refractivity contribution < 1.29 is 32.6 Å². The van der Waals surface area contributed by atoms with Crippen molar-refractivity contribution in [1.29, 1.82) is 0 Å². The SMILES string of the molecule is O=C(NCC(O)c1cccc2ccccc12)C(=O)Nc1ccc(OC(F)(F)F)cc1. The van der Waals surface area contributed by atoms with E-state index < -0.39 is 30.0 Å². The smallest absolute Gasteiger partial charge is 0.406 e. The molecule has 0 saturated carbocycles.